The Labute approximate surface area is 191 Å². The molecule has 3 aromatic rings. The Balaban J connectivity index is 1.44. The van der Waals surface area contributed by atoms with E-state index in [9.17, 15) is 13.2 Å². The lowest BCUT2D eigenvalue weighted by atomic mass is 10.2. The SMILES string of the molecule is COc1ccc(OC)c(-c2nnc(S(=O)(=O)CC(=O)N3CCN(c4ccccc4)CC3)o2)c1. The topological polar surface area (TPSA) is 115 Å². The molecule has 10 nitrogen and oxygen atoms in total. The van der Waals surface area contributed by atoms with E-state index in [0.717, 1.165) is 5.69 Å². The van der Waals surface area contributed by atoms with E-state index in [2.05, 4.69) is 15.1 Å². The highest BCUT2D eigenvalue weighted by Crippen LogP contribution is 2.33. The number of hydrogen-bond donors (Lipinski definition) is 0. The summed E-state index contributed by atoms with van der Waals surface area (Å²) < 4.78 is 41.5. The Morgan fingerprint density at radius 1 is 1.00 bits per heavy atom. The molecule has 1 fully saturated rings. The van der Waals surface area contributed by atoms with Crippen molar-refractivity contribution in [3.63, 3.8) is 0 Å². The summed E-state index contributed by atoms with van der Waals surface area (Å²) in [5.41, 5.74) is 1.46. The van der Waals surface area contributed by atoms with Crippen molar-refractivity contribution >= 4 is 21.4 Å². The zero-order valence-corrected chi connectivity index (χ0v) is 19.1. The Kier molecular flexibility index (Phi) is 6.50. The van der Waals surface area contributed by atoms with Gasteiger partial charge in [-0.3, -0.25) is 4.79 Å². The van der Waals surface area contributed by atoms with Gasteiger partial charge in [0.25, 0.3) is 5.89 Å². The van der Waals surface area contributed by atoms with E-state index in [1.807, 2.05) is 30.3 Å². The van der Waals surface area contributed by atoms with Crippen LogP contribution in [0, 0.1) is 0 Å². The number of anilines is 1. The monoisotopic (exact) mass is 472 g/mol. The molecule has 1 aliphatic heterocycles. The molecule has 174 valence electrons. The predicted molar refractivity (Wildman–Crippen MR) is 120 cm³/mol. The van der Waals surface area contributed by atoms with Crippen molar-refractivity contribution in [2.75, 3.05) is 51.1 Å². The van der Waals surface area contributed by atoms with Crippen molar-refractivity contribution in [3.05, 3.63) is 48.5 Å². The van der Waals surface area contributed by atoms with Crippen LogP contribution in [0.1, 0.15) is 0 Å². The average Bonchev–Trinajstić information content (AvgIpc) is 3.35. The van der Waals surface area contributed by atoms with Crippen LogP contribution in [0.25, 0.3) is 11.5 Å². The number of benzene rings is 2. The molecule has 33 heavy (non-hydrogen) atoms. The maximum absolute atomic E-state index is 12.8. The minimum Gasteiger partial charge on any atom is -0.497 e. The van der Waals surface area contributed by atoms with Gasteiger partial charge >= 0.3 is 5.22 Å². The number of amides is 1. The molecule has 1 amide bonds. The van der Waals surface area contributed by atoms with Gasteiger partial charge in [0.05, 0.1) is 19.8 Å². The molecular formula is C22H24N4O6S. The van der Waals surface area contributed by atoms with E-state index in [1.54, 1.807) is 23.1 Å². The number of nitrogens with zero attached hydrogens (tertiary/aromatic N) is 4. The summed E-state index contributed by atoms with van der Waals surface area (Å²) in [5.74, 6) is -0.362. The standard InChI is InChI=1S/C22H24N4O6S/c1-30-17-8-9-19(31-2)18(14-17)21-23-24-22(32-21)33(28,29)15-20(27)26-12-10-25(11-13-26)16-6-4-3-5-7-16/h3-9,14H,10-13,15H2,1-2H3. The Morgan fingerprint density at radius 3 is 2.39 bits per heavy atom. The van der Waals surface area contributed by atoms with E-state index in [-0.39, 0.29) is 5.89 Å². The summed E-state index contributed by atoms with van der Waals surface area (Å²) in [4.78, 5) is 16.4. The number of piperazine rings is 1. The fraction of sp³-hybridized carbons (Fsp3) is 0.318. The number of carbonyl (C=O) groups is 1. The van der Waals surface area contributed by atoms with Gasteiger partial charge < -0.3 is 23.7 Å². The lowest BCUT2D eigenvalue weighted by Gasteiger charge is -2.36. The minimum absolute atomic E-state index is 0.0479. The second-order valence-corrected chi connectivity index (χ2v) is 9.27. The van der Waals surface area contributed by atoms with E-state index in [0.29, 0.717) is 43.2 Å². The van der Waals surface area contributed by atoms with Crippen LogP contribution in [0.15, 0.2) is 58.2 Å². The van der Waals surface area contributed by atoms with Gasteiger partial charge in [-0.25, -0.2) is 8.42 Å². The molecule has 2 heterocycles. The second-order valence-electron chi connectivity index (χ2n) is 7.40. The first kappa shape index (κ1) is 22.6. The molecule has 11 heteroatoms. The Hall–Kier alpha value is -3.60. The molecule has 0 atom stereocenters. The Bertz CT molecular complexity index is 1220. The number of rotatable bonds is 7. The van der Waals surface area contributed by atoms with E-state index >= 15 is 0 Å². The lowest BCUT2D eigenvalue weighted by Crippen LogP contribution is -2.50. The molecule has 0 radical (unpaired) electrons. The van der Waals surface area contributed by atoms with E-state index in [1.165, 1.54) is 14.2 Å². The molecule has 1 saturated heterocycles. The smallest absolute Gasteiger partial charge is 0.336 e. The summed E-state index contributed by atoms with van der Waals surface area (Å²) in [7, 11) is -1.15. The van der Waals surface area contributed by atoms with Crippen molar-refractivity contribution in [3.8, 4) is 23.0 Å². The van der Waals surface area contributed by atoms with Gasteiger partial charge in [-0.1, -0.05) is 23.3 Å². The van der Waals surface area contributed by atoms with Crippen LogP contribution in [0.4, 0.5) is 5.69 Å². The van der Waals surface area contributed by atoms with Crippen LogP contribution in [0.3, 0.4) is 0 Å². The number of carbonyl (C=O) groups excluding carboxylic acids is 1. The summed E-state index contributed by atoms with van der Waals surface area (Å²) in [6, 6.07) is 14.8. The Morgan fingerprint density at radius 2 is 1.73 bits per heavy atom. The maximum atomic E-state index is 12.8. The number of methoxy groups -OCH3 is 2. The maximum Gasteiger partial charge on any atom is 0.336 e. The van der Waals surface area contributed by atoms with Gasteiger partial charge in [0.2, 0.25) is 15.7 Å². The van der Waals surface area contributed by atoms with Gasteiger partial charge in [-0.15, -0.1) is 5.10 Å². The van der Waals surface area contributed by atoms with Crippen LogP contribution < -0.4 is 14.4 Å². The molecular weight excluding hydrogens is 448 g/mol. The lowest BCUT2D eigenvalue weighted by molar-refractivity contribution is -0.128. The first-order valence-electron chi connectivity index (χ1n) is 10.3. The van der Waals surface area contributed by atoms with Crippen molar-refractivity contribution in [1.29, 1.82) is 0 Å². The highest BCUT2D eigenvalue weighted by atomic mass is 32.2. The van der Waals surface area contributed by atoms with Crippen LogP contribution in [0.2, 0.25) is 0 Å². The highest BCUT2D eigenvalue weighted by molar-refractivity contribution is 7.91. The van der Waals surface area contributed by atoms with Crippen LogP contribution in [0.5, 0.6) is 11.5 Å². The van der Waals surface area contributed by atoms with Crippen LogP contribution in [-0.2, 0) is 14.6 Å². The molecule has 1 aromatic heterocycles. The molecule has 0 saturated carbocycles. The summed E-state index contributed by atoms with van der Waals surface area (Å²) in [6.07, 6.45) is 0. The fourth-order valence-electron chi connectivity index (χ4n) is 3.59. The zero-order chi connectivity index (χ0) is 23.4. The molecule has 0 N–H and O–H groups in total. The normalized spacial score (nSPS) is 14.2. The summed E-state index contributed by atoms with van der Waals surface area (Å²) in [5, 5.41) is 6.89. The van der Waals surface area contributed by atoms with E-state index in [4.69, 9.17) is 13.9 Å². The summed E-state index contributed by atoms with van der Waals surface area (Å²) in [6.45, 7) is 2.10. The number of ether oxygens (including phenoxy) is 2. The largest absolute Gasteiger partial charge is 0.497 e. The molecule has 4 rings (SSSR count). The van der Waals surface area contributed by atoms with E-state index < -0.39 is 26.7 Å². The van der Waals surface area contributed by atoms with Gasteiger partial charge in [0, 0.05) is 31.9 Å². The van der Waals surface area contributed by atoms with Gasteiger partial charge in [-0.05, 0) is 30.3 Å². The first-order chi connectivity index (χ1) is 15.9. The zero-order valence-electron chi connectivity index (χ0n) is 18.3. The molecule has 2 aromatic carbocycles. The highest BCUT2D eigenvalue weighted by Gasteiger charge is 2.31. The third-order valence-electron chi connectivity index (χ3n) is 5.38. The molecule has 1 aliphatic rings. The molecule has 0 bridgehead atoms. The molecule has 0 aliphatic carbocycles. The van der Waals surface area contributed by atoms with Crippen molar-refractivity contribution in [2.45, 2.75) is 5.22 Å². The number of para-hydroxylation sites is 1. The third-order valence-corrected chi connectivity index (χ3v) is 6.70. The van der Waals surface area contributed by atoms with Gasteiger partial charge in [0.15, 0.2) is 0 Å². The number of hydrogen-bond acceptors (Lipinski definition) is 9. The van der Waals surface area contributed by atoms with Gasteiger partial charge in [-0.2, -0.15) is 0 Å². The first-order valence-corrected chi connectivity index (χ1v) is 11.9. The fourth-order valence-corrected chi connectivity index (χ4v) is 4.60. The van der Waals surface area contributed by atoms with Crippen LogP contribution in [-0.4, -0.2) is 75.6 Å². The quantitative estimate of drug-likeness (QED) is 0.508. The number of sulfone groups is 1. The van der Waals surface area contributed by atoms with Gasteiger partial charge in [0.1, 0.15) is 17.3 Å². The minimum atomic E-state index is -4.11. The number of aromatic nitrogens is 2. The molecule has 0 unspecified atom stereocenters. The van der Waals surface area contributed by atoms with Crippen molar-refractivity contribution in [1.82, 2.24) is 15.1 Å². The van der Waals surface area contributed by atoms with Crippen molar-refractivity contribution in [2.24, 2.45) is 0 Å². The molecule has 0 spiro atoms. The average molecular weight is 473 g/mol. The third kappa shape index (κ3) is 4.92. The van der Waals surface area contributed by atoms with Crippen molar-refractivity contribution < 1.29 is 27.1 Å². The van der Waals surface area contributed by atoms with Crippen LogP contribution >= 0.6 is 0 Å². The predicted octanol–water partition coefficient (Wildman–Crippen LogP) is 1.88. The summed E-state index contributed by atoms with van der Waals surface area (Å²) >= 11 is 0. The second kappa shape index (κ2) is 9.49.